The number of carboxylic acids is 1. The summed E-state index contributed by atoms with van der Waals surface area (Å²) in [6.45, 7) is 0. The number of benzene rings is 2. The maximum absolute atomic E-state index is 13.6. The molecule has 5 heteroatoms. The summed E-state index contributed by atoms with van der Waals surface area (Å²) in [6.07, 6.45) is 0. The first-order chi connectivity index (χ1) is 9.55. The Bertz CT molecular complexity index is 652. The average molecular weight is 276 g/mol. The van der Waals surface area contributed by atoms with Crippen LogP contribution in [0.25, 0.3) is 11.1 Å². The van der Waals surface area contributed by atoms with Crippen LogP contribution in [0.3, 0.4) is 0 Å². The molecule has 0 atom stereocenters. The van der Waals surface area contributed by atoms with Crippen molar-refractivity contribution in [2.75, 3.05) is 14.2 Å². The molecular weight excluding hydrogens is 263 g/mol. The number of carboxylic acid groups (broad SMARTS) is 1. The van der Waals surface area contributed by atoms with Crippen LogP contribution in [0.2, 0.25) is 0 Å². The Balaban J connectivity index is 2.63. The number of ether oxygens (including phenoxy) is 2. The number of carbonyl (C=O) groups is 1. The number of methoxy groups -OCH3 is 2. The number of hydrogen-bond acceptors (Lipinski definition) is 3. The lowest BCUT2D eigenvalue weighted by atomic mass is 10.0. The summed E-state index contributed by atoms with van der Waals surface area (Å²) in [6, 6.07) is 8.67. The van der Waals surface area contributed by atoms with Gasteiger partial charge in [-0.3, -0.25) is 0 Å². The molecule has 0 amide bonds. The Hall–Kier alpha value is -2.56. The molecule has 20 heavy (non-hydrogen) atoms. The van der Waals surface area contributed by atoms with Crippen LogP contribution in [0.1, 0.15) is 10.4 Å². The van der Waals surface area contributed by atoms with Gasteiger partial charge in [0.1, 0.15) is 17.3 Å². The lowest BCUT2D eigenvalue weighted by Crippen LogP contribution is -1.98. The molecule has 0 fully saturated rings. The van der Waals surface area contributed by atoms with Crippen molar-refractivity contribution in [1.29, 1.82) is 0 Å². The molecule has 0 bridgehead atoms. The van der Waals surface area contributed by atoms with Crippen molar-refractivity contribution in [3.63, 3.8) is 0 Å². The highest BCUT2D eigenvalue weighted by molar-refractivity contribution is 5.90. The van der Waals surface area contributed by atoms with Gasteiger partial charge in [-0.05, 0) is 42.0 Å². The van der Waals surface area contributed by atoms with Crippen LogP contribution >= 0.6 is 0 Å². The van der Waals surface area contributed by atoms with Crippen molar-refractivity contribution in [2.45, 2.75) is 0 Å². The van der Waals surface area contributed by atoms with Crippen LogP contribution in [-0.4, -0.2) is 25.3 Å². The van der Waals surface area contributed by atoms with Crippen molar-refractivity contribution in [3.8, 4) is 22.6 Å². The minimum absolute atomic E-state index is 0.120. The fourth-order valence-corrected chi connectivity index (χ4v) is 1.91. The molecule has 2 aromatic carbocycles. The van der Waals surface area contributed by atoms with Crippen molar-refractivity contribution < 1.29 is 23.8 Å². The normalized spacial score (nSPS) is 10.2. The van der Waals surface area contributed by atoms with Gasteiger partial charge in [-0.15, -0.1) is 0 Å². The van der Waals surface area contributed by atoms with Crippen LogP contribution in [0.5, 0.6) is 11.5 Å². The second kappa shape index (κ2) is 5.61. The molecule has 0 aliphatic carbocycles. The topological polar surface area (TPSA) is 55.8 Å². The number of hydrogen-bond donors (Lipinski definition) is 1. The van der Waals surface area contributed by atoms with Crippen LogP contribution in [0.15, 0.2) is 36.4 Å². The van der Waals surface area contributed by atoms with Gasteiger partial charge in [-0.2, -0.15) is 0 Å². The number of aromatic carboxylic acids is 1. The van der Waals surface area contributed by atoms with E-state index in [0.717, 1.165) is 6.07 Å². The van der Waals surface area contributed by atoms with Crippen molar-refractivity contribution in [3.05, 3.63) is 47.8 Å². The van der Waals surface area contributed by atoms with Gasteiger partial charge in [-0.25, -0.2) is 9.18 Å². The quantitative estimate of drug-likeness (QED) is 0.931. The zero-order valence-corrected chi connectivity index (χ0v) is 11.0. The van der Waals surface area contributed by atoms with Gasteiger partial charge in [0.05, 0.1) is 19.8 Å². The van der Waals surface area contributed by atoms with Crippen molar-refractivity contribution in [1.82, 2.24) is 0 Å². The first-order valence-electron chi connectivity index (χ1n) is 5.81. The summed E-state index contributed by atoms with van der Waals surface area (Å²) < 4.78 is 23.9. The SMILES string of the molecule is COc1ccc(OC)c(-c2cc(F)cc(C(=O)O)c2)c1. The maximum Gasteiger partial charge on any atom is 0.335 e. The van der Waals surface area contributed by atoms with E-state index in [1.807, 2.05) is 0 Å². The molecular formula is C15H13FO4. The first-order valence-corrected chi connectivity index (χ1v) is 5.81. The summed E-state index contributed by atoms with van der Waals surface area (Å²) in [5.41, 5.74) is 0.858. The van der Waals surface area contributed by atoms with Crippen molar-refractivity contribution >= 4 is 5.97 Å². The van der Waals surface area contributed by atoms with Crippen LogP contribution in [-0.2, 0) is 0 Å². The van der Waals surface area contributed by atoms with E-state index in [2.05, 4.69) is 0 Å². The van der Waals surface area contributed by atoms with E-state index >= 15 is 0 Å². The summed E-state index contributed by atoms with van der Waals surface area (Å²) in [7, 11) is 3.00. The summed E-state index contributed by atoms with van der Waals surface area (Å²) in [5, 5.41) is 8.99. The van der Waals surface area contributed by atoms with E-state index in [0.29, 0.717) is 22.6 Å². The van der Waals surface area contributed by atoms with Gasteiger partial charge in [0, 0.05) is 5.56 Å². The molecule has 4 nitrogen and oxygen atoms in total. The van der Waals surface area contributed by atoms with Gasteiger partial charge in [0.2, 0.25) is 0 Å². The fraction of sp³-hybridized carbons (Fsp3) is 0.133. The van der Waals surface area contributed by atoms with Gasteiger partial charge in [-0.1, -0.05) is 0 Å². The van der Waals surface area contributed by atoms with E-state index in [4.69, 9.17) is 14.6 Å². The molecule has 0 aliphatic heterocycles. The highest BCUT2D eigenvalue weighted by atomic mass is 19.1. The van der Waals surface area contributed by atoms with E-state index < -0.39 is 11.8 Å². The predicted octanol–water partition coefficient (Wildman–Crippen LogP) is 3.21. The van der Waals surface area contributed by atoms with E-state index in [9.17, 15) is 9.18 Å². The van der Waals surface area contributed by atoms with Gasteiger partial charge in [0.25, 0.3) is 0 Å². The highest BCUT2D eigenvalue weighted by Crippen LogP contribution is 2.34. The van der Waals surface area contributed by atoms with E-state index in [1.165, 1.54) is 26.4 Å². The third kappa shape index (κ3) is 2.71. The molecule has 104 valence electrons. The molecule has 0 spiro atoms. The zero-order valence-electron chi connectivity index (χ0n) is 11.0. The summed E-state index contributed by atoms with van der Waals surface area (Å²) in [4.78, 5) is 11.0. The molecule has 0 radical (unpaired) electrons. The molecule has 0 unspecified atom stereocenters. The minimum atomic E-state index is -1.19. The first kappa shape index (κ1) is 13.9. The second-order valence-electron chi connectivity index (χ2n) is 4.10. The standard InChI is InChI=1S/C15H13FO4/c1-19-12-3-4-14(20-2)13(8-12)9-5-10(15(17)18)7-11(16)6-9/h3-8H,1-2H3,(H,17,18). The molecule has 0 aromatic heterocycles. The van der Waals surface area contributed by atoms with Crippen LogP contribution in [0.4, 0.5) is 4.39 Å². The van der Waals surface area contributed by atoms with E-state index in [-0.39, 0.29) is 5.56 Å². The largest absolute Gasteiger partial charge is 0.497 e. The minimum Gasteiger partial charge on any atom is -0.497 e. The van der Waals surface area contributed by atoms with Gasteiger partial charge >= 0.3 is 5.97 Å². The Morgan fingerprint density at radius 3 is 2.45 bits per heavy atom. The molecule has 2 rings (SSSR count). The number of halogens is 1. The van der Waals surface area contributed by atoms with E-state index in [1.54, 1.807) is 18.2 Å². The summed E-state index contributed by atoms with van der Waals surface area (Å²) >= 11 is 0. The monoisotopic (exact) mass is 276 g/mol. The summed E-state index contributed by atoms with van der Waals surface area (Å²) in [5.74, 6) is -0.730. The molecule has 2 aromatic rings. The van der Waals surface area contributed by atoms with Gasteiger partial charge < -0.3 is 14.6 Å². The zero-order chi connectivity index (χ0) is 14.7. The Kier molecular flexibility index (Phi) is 3.89. The third-order valence-electron chi connectivity index (χ3n) is 2.86. The van der Waals surface area contributed by atoms with Crippen LogP contribution in [0, 0.1) is 5.82 Å². The Labute approximate surface area is 115 Å². The maximum atomic E-state index is 13.6. The highest BCUT2D eigenvalue weighted by Gasteiger charge is 2.12. The van der Waals surface area contributed by atoms with Crippen molar-refractivity contribution in [2.24, 2.45) is 0 Å². The molecule has 0 heterocycles. The Morgan fingerprint density at radius 2 is 1.85 bits per heavy atom. The second-order valence-corrected chi connectivity index (χ2v) is 4.10. The molecule has 0 saturated heterocycles. The average Bonchev–Trinajstić information content (AvgIpc) is 2.45. The third-order valence-corrected chi connectivity index (χ3v) is 2.86. The smallest absolute Gasteiger partial charge is 0.335 e. The Morgan fingerprint density at radius 1 is 1.10 bits per heavy atom. The lowest BCUT2D eigenvalue weighted by molar-refractivity contribution is 0.0696. The fourth-order valence-electron chi connectivity index (χ4n) is 1.91. The molecule has 0 saturated carbocycles. The molecule has 0 aliphatic rings. The molecule has 1 N–H and O–H groups in total. The van der Waals surface area contributed by atoms with Gasteiger partial charge in [0.15, 0.2) is 0 Å². The lowest BCUT2D eigenvalue weighted by Gasteiger charge is -2.11. The predicted molar refractivity (Wildman–Crippen MR) is 71.9 cm³/mol. The van der Waals surface area contributed by atoms with Crippen LogP contribution < -0.4 is 9.47 Å². The number of rotatable bonds is 4.